The van der Waals surface area contributed by atoms with Crippen LogP contribution in [0.5, 0.6) is 5.75 Å². The van der Waals surface area contributed by atoms with Gasteiger partial charge in [0.15, 0.2) is 0 Å². The Balaban J connectivity index is 1.39. The van der Waals surface area contributed by atoms with Crippen molar-refractivity contribution in [1.82, 2.24) is 24.6 Å². The van der Waals surface area contributed by atoms with Crippen LogP contribution in [0.1, 0.15) is 29.8 Å². The Morgan fingerprint density at radius 3 is 2.90 bits per heavy atom. The lowest BCUT2D eigenvalue weighted by Gasteiger charge is -2.16. The minimum Gasteiger partial charge on any atom is -0.497 e. The number of nitrogens with zero attached hydrogens (tertiary/aromatic N) is 4. The van der Waals surface area contributed by atoms with Gasteiger partial charge in [-0.2, -0.15) is 5.10 Å². The van der Waals surface area contributed by atoms with Crippen molar-refractivity contribution >= 4 is 5.91 Å². The van der Waals surface area contributed by atoms with Gasteiger partial charge in [0.05, 0.1) is 20.1 Å². The smallest absolute Gasteiger partial charge is 0.346 e. The summed E-state index contributed by atoms with van der Waals surface area (Å²) in [6.45, 7) is 0.950. The molecule has 1 aliphatic rings. The monoisotopic (exact) mass is 407 g/mol. The van der Waals surface area contributed by atoms with Gasteiger partial charge >= 0.3 is 5.69 Å². The van der Waals surface area contributed by atoms with Crippen LogP contribution in [0.25, 0.3) is 0 Å². The van der Waals surface area contributed by atoms with Gasteiger partial charge in [-0.05, 0) is 42.2 Å². The van der Waals surface area contributed by atoms with Gasteiger partial charge in [-0.25, -0.2) is 9.48 Å². The van der Waals surface area contributed by atoms with Crippen LogP contribution in [-0.2, 0) is 30.7 Å². The number of aromatic nitrogens is 4. The van der Waals surface area contributed by atoms with Gasteiger partial charge in [-0.15, -0.1) is 0 Å². The van der Waals surface area contributed by atoms with E-state index in [4.69, 9.17) is 4.74 Å². The Morgan fingerprint density at radius 1 is 1.23 bits per heavy atom. The first-order chi connectivity index (χ1) is 14.6. The molecule has 1 amide bonds. The highest BCUT2D eigenvalue weighted by Gasteiger charge is 2.22. The highest BCUT2D eigenvalue weighted by molar-refractivity contribution is 5.78. The predicted octanol–water partition coefficient (Wildman–Crippen LogP) is 1.56. The summed E-state index contributed by atoms with van der Waals surface area (Å²) >= 11 is 0. The Morgan fingerprint density at radius 2 is 2.10 bits per heavy atom. The SMILES string of the molecule is COc1cccc(Cn2nc3n(c2=O)CCC(NC(=O)Cc2cccnc2)CC3)c1. The van der Waals surface area contributed by atoms with Crippen LogP contribution < -0.4 is 15.7 Å². The van der Waals surface area contributed by atoms with Crippen LogP contribution in [-0.4, -0.2) is 38.4 Å². The van der Waals surface area contributed by atoms with E-state index in [1.54, 1.807) is 24.1 Å². The zero-order valence-corrected chi connectivity index (χ0v) is 17.0. The first-order valence-corrected chi connectivity index (χ1v) is 10.1. The molecule has 1 aliphatic heterocycles. The van der Waals surface area contributed by atoms with Gasteiger partial charge < -0.3 is 10.1 Å². The van der Waals surface area contributed by atoms with Crippen molar-refractivity contribution in [2.24, 2.45) is 0 Å². The van der Waals surface area contributed by atoms with Crippen molar-refractivity contribution in [2.45, 2.75) is 44.8 Å². The highest BCUT2D eigenvalue weighted by atomic mass is 16.5. The number of carbonyl (C=O) groups excluding carboxylic acids is 1. The first kappa shape index (κ1) is 19.9. The number of hydrogen-bond acceptors (Lipinski definition) is 5. The second-order valence-electron chi connectivity index (χ2n) is 7.49. The molecule has 0 bridgehead atoms. The molecule has 0 saturated heterocycles. The predicted molar refractivity (Wildman–Crippen MR) is 111 cm³/mol. The Kier molecular flexibility index (Phi) is 5.92. The van der Waals surface area contributed by atoms with Crippen molar-refractivity contribution in [1.29, 1.82) is 0 Å². The van der Waals surface area contributed by atoms with E-state index in [0.717, 1.165) is 29.1 Å². The van der Waals surface area contributed by atoms with Gasteiger partial charge in [-0.1, -0.05) is 18.2 Å². The summed E-state index contributed by atoms with van der Waals surface area (Å²) in [6.07, 6.45) is 5.81. The number of ether oxygens (including phenoxy) is 1. The maximum absolute atomic E-state index is 12.8. The molecule has 30 heavy (non-hydrogen) atoms. The minimum absolute atomic E-state index is 0.0250. The number of methoxy groups -OCH3 is 1. The van der Waals surface area contributed by atoms with E-state index in [2.05, 4.69) is 15.4 Å². The summed E-state index contributed by atoms with van der Waals surface area (Å²) in [5.41, 5.74) is 1.73. The van der Waals surface area contributed by atoms with E-state index in [1.165, 1.54) is 4.68 Å². The zero-order valence-electron chi connectivity index (χ0n) is 17.0. The Hall–Kier alpha value is -3.42. The molecule has 156 valence electrons. The molecule has 0 aliphatic carbocycles. The summed E-state index contributed by atoms with van der Waals surface area (Å²) in [7, 11) is 1.62. The molecule has 8 heteroatoms. The van der Waals surface area contributed by atoms with Crippen LogP contribution in [0.15, 0.2) is 53.6 Å². The third-order valence-electron chi connectivity index (χ3n) is 5.34. The summed E-state index contributed by atoms with van der Waals surface area (Å²) in [4.78, 5) is 29.2. The molecule has 4 rings (SSSR count). The maximum atomic E-state index is 12.8. The number of amides is 1. The van der Waals surface area contributed by atoms with E-state index >= 15 is 0 Å². The van der Waals surface area contributed by atoms with Crippen LogP contribution in [0.3, 0.4) is 0 Å². The third-order valence-corrected chi connectivity index (χ3v) is 5.34. The van der Waals surface area contributed by atoms with Crippen LogP contribution in [0, 0.1) is 0 Å². The van der Waals surface area contributed by atoms with E-state index in [-0.39, 0.29) is 17.6 Å². The molecular weight excluding hydrogens is 382 g/mol. The topological polar surface area (TPSA) is 91.0 Å². The molecular formula is C22H25N5O3. The minimum atomic E-state index is -0.116. The molecule has 1 unspecified atom stereocenters. The van der Waals surface area contributed by atoms with Crippen LogP contribution in [0.2, 0.25) is 0 Å². The fourth-order valence-electron chi connectivity index (χ4n) is 3.79. The van der Waals surface area contributed by atoms with Crippen molar-refractivity contribution in [3.8, 4) is 5.75 Å². The molecule has 1 N–H and O–H groups in total. The Bertz CT molecular complexity index is 1070. The lowest BCUT2D eigenvalue weighted by atomic mass is 10.1. The average Bonchev–Trinajstić information content (AvgIpc) is 2.92. The molecule has 0 spiro atoms. The van der Waals surface area contributed by atoms with Gasteiger partial charge in [0.2, 0.25) is 5.91 Å². The van der Waals surface area contributed by atoms with E-state index < -0.39 is 0 Å². The number of hydrogen-bond donors (Lipinski definition) is 1. The summed E-state index contributed by atoms with van der Waals surface area (Å²) in [5, 5.41) is 7.64. The first-order valence-electron chi connectivity index (χ1n) is 10.1. The van der Waals surface area contributed by atoms with Crippen molar-refractivity contribution in [2.75, 3.05) is 7.11 Å². The van der Waals surface area contributed by atoms with Crippen LogP contribution >= 0.6 is 0 Å². The molecule has 1 aromatic carbocycles. The molecule has 1 atom stereocenters. The van der Waals surface area contributed by atoms with Gasteiger partial charge in [-0.3, -0.25) is 14.3 Å². The molecule has 3 heterocycles. The summed E-state index contributed by atoms with van der Waals surface area (Å²) in [6, 6.07) is 11.4. The lowest BCUT2D eigenvalue weighted by molar-refractivity contribution is -0.121. The number of aryl methyl sites for hydroxylation is 1. The number of fused-ring (bicyclic) bond motifs is 1. The molecule has 3 aromatic rings. The Labute approximate surface area is 174 Å². The van der Waals surface area contributed by atoms with E-state index in [0.29, 0.717) is 32.4 Å². The van der Waals surface area contributed by atoms with Gasteiger partial charge in [0, 0.05) is 31.4 Å². The molecule has 2 aromatic heterocycles. The molecule has 0 fully saturated rings. The molecule has 8 nitrogen and oxygen atoms in total. The van der Waals surface area contributed by atoms with Gasteiger partial charge in [0.25, 0.3) is 0 Å². The number of carbonyl (C=O) groups is 1. The molecule has 0 saturated carbocycles. The fourth-order valence-corrected chi connectivity index (χ4v) is 3.79. The molecule has 0 radical (unpaired) electrons. The number of benzene rings is 1. The standard InChI is InChI=1S/C22H25N5O3/c1-30-19-6-2-4-17(12-19)15-27-22(29)26-11-9-18(7-8-20(26)25-27)24-21(28)13-16-5-3-10-23-14-16/h2-6,10,12,14,18H,7-9,11,13,15H2,1H3,(H,24,28). The lowest BCUT2D eigenvalue weighted by Crippen LogP contribution is -2.36. The second kappa shape index (κ2) is 8.94. The van der Waals surface area contributed by atoms with E-state index in [1.807, 2.05) is 36.4 Å². The fraction of sp³-hybridized carbons (Fsp3) is 0.364. The highest BCUT2D eigenvalue weighted by Crippen LogP contribution is 2.15. The second-order valence-corrected chi connectivity index (χ2v) is 7.49. The van der Waals surface area contributed by atoms with E-state index in [9.17, 15) is 9.59 Å². The largest absolute Gasteiger partial charge is 0.497 e. The average molecular weight is 407 g/mol. The van der Waals surface area contributed by atoms with Crippen molar-refractivity contribution in [3.63, 3.8) is 0 Å². The van der Waals surface area contributed by atoms with Crippen molar-refractivity contribution < 1.29 is 9.53 Å². The number of pyridine rings is 1. The van der Waals surface area contributed by atoms with Crippen LogP contribution in [0.4, 0.5) is 0 Å². The maximum Gasteiger partial charge on any atom is 0.346 e. The summed E-state index contributed by atoms with van der Waals surface area (Å²) < 4.78 is 8.49. The quantitative estimate of drug-likeness (QED) is 0.670. The third kappa shape index (κ3) is 4.59. The van der Waals surface area contributed by atoms with Gasteiger partial charge in [0.1, 0.15) is 11.6 Å². The normalized spacial score (nSPS) is 15.8. The summed E-state index contributed by atoms with van der Waals surface area (Å²) in [5.74, 6) is 1.50. The zero-order chi connectivity index (χ0) is 20.9. The number of nitrogens with one attached hydrogen (secondary N) is 1. The van der Waals surface area contributed by atoms with Crippen molar-refractivity contribution in [3.05, 3.63) is 76.2 Å². The number of rotatable bonds is 6.